The van der Waals surface area contributed by atoms with Gasteiger partial charge in [-0.15, -0.1) is 0 Å². The molecule has 0 saturated carbocycles. The summed E-state index contributed by atoms with van der Waals surface area (Å²) in [5.41, 5.74) is -3.32. The minimum absolute atomic E-state index is 0.429. The molecule has 0 aliphatic heterocycles. The minimum atomic E-state index is -4.95. The van der Waals surface area contributed by atoms with Crippen LogP contribution in [0.15, 0.2) is 10.7 Å². The van der Waals surface area contributed by atoms with Gasteiger partial charge in [-0.1, -0.05) is 0 Å². The van der Waals surface area contributed by atoms with E-state index in [0.29, 0.717) is 6.07 Å². The van der Waals surface area contributed by atoms with E-state index in [4.69, 9.17) is 5.26 Å². The molecule has 1 rings (SSSR count). The molecule has 0 radical (unpaired) electrons. The van der Waals surface area contributed by atoms with E-state index in [0.717, 1.165) is 0 Å². The maximum atomic E-state index is 12.4. The lowest BCUT2D eigenvalue weighted by atomic mass is 10.1. The van der Waals surface area contributed by atoms with Crippen LogP contribution in [0.3, 0.4) is 0 Å². The van der Waals surface area contributed by atoms with Gasteiger partial charge in [-0.3, -0.25) is 0 Å². The number of nitriles is 1. The van der Waals surface area contributed by atoms with Crippen molar-refractivity contribution in [3.63, 3.8) is 0 Å². The highest BCUT2D eigenvalue weighted by atomic mass is 79.9. The van der Waals surface area contributed by atoms with Crippen LogP contribution in [-0.2, 0) is 6.18 Å². The van der Waals surface area contributed by atoms with Gasteiger partial charge in [0, 0.05) is 5.56 Å². The van der Waals surface area contributed by atoms with Crippen molar-refractivity contribution in [2.75, 3.05) is 0 Å². The van der Waals surface area contributed by atoms with Gasteiger partial charge >= 0.3 is 6.18 Å². The third-order valence-electron chi connectivity index (χ3n) is 1.64. The maximum absolute atomic E-state index is 12.4. The van der Waals surface area contributed by atoms with Gasteiger partial charge < -0.3 is 0 Å². The lowest BCUT2D eigenvalue weighted by molar-refractivity contribution is -0.140. The number of hydrogen-bond acceptors (Lipinski definition) is 2. The number of pyridine rings is 1. The molecule has 1 aromatic rings. The van der Waals surface area contributed by atoms with Crippen molar-refractivity contribution in [2.45, 2.75) is 12.6 Å². The number of alkyl halides is 5. The van der Waals surface area contributed by atoms with E-state index in [1.165, 1.54) is 6.07 Å². The Kier molecular flexibility index (Phi) is 3.48. The number of hydrogen-bond donors (Lipinski definition) is 0. The molecule has 0 amide bonds. The average Bonchev–Trinajstić information content (AvgIpc) is 2.14. The Labute approximate surface area is 94.8 Å². The Bertz CT molecular complexity index is 449. The molecule has 0 atom stereocenters. The van der Waals surface area contributed by atoms with Crippen LogP contribution in [0.1, 0.15) is 23.2 Å². The molecule has 0 spiro atoms. The van der Waals surface area contributed by atoms with Gasteiger partial charge in [-0.05, 0) is 22.0 Å². The van der Waals surface area contributed by atoms with Crippen LogP contribution in [-0.4, -0.2) is 4.98 Å². The van der Waals surface area contributed by atoms with Crippen molar-refractivity contribution in [2.24, 2.45) is 0 Å². The topological polar surface area (TPSA) is 36.7 Å². The maximum Gasteiger partial charge on any atom is 0.419 e. The molecule has 0 aromatic carbocycles. The number of halogens is 6. The molecule has 2 nitrogen and oxygen atoms in total. The second kappa shape index (κ2) is 4.33. The summed E-state index contributed by atoms with van der Waals surface area (Å²) in [5, 5.41) is 8.40. The molecule has 1 aromatic heterocycles. The zero-order valence-corrected chi connectivity index (χ0v) is 8.90. The van der Waals surface area contributed by atoms with Gasteiger partial charge in [0.2, 0.25) is 0 Å². The largest absolute Gasteiger partial charge is 0.419 e. The Morgan fingerprint density at radius 2 is 1.94 bits per heavy atom. The summed E-state index contributed by atoms with van der Waals surface area (Å²) in [7, 11) is 0. The van der Waals surface area contributed by atoms with Crippen molar-refractivity contribution in [3.05, 3.63) is 27.5 Å². The lowest BCUT2D eigenvalue weighted by Gasteiger charge is -2.13. The zero-order valence-electron chi connectivity index (χ0n) is 7.32. The van der Waals surface area contributed by atoms with Crippen LogP contribution in [0.5, 0.6) is 0 Å². The fourth-order valence-corrected chi connectivity index (χ4v) is 1.69. The van der Waals surface area contributed by atoms with Crippen molar-refractivity contribution in [1.29, 1.82) is 5.26 Å². The van der Waals surface area contributed by atoms with E-state index in [-0.39, 0.29) is 0 Å². The summed E-state index contributed by atoms with van der Waals surface area (Å²) >= 11 is 2.43. The average molecular weight is 301 g/mol. The first-order chi connectivity index (χ1) is 7.27. The Hall–Kier alpha value is -1.23. The van der Waals surface area contributed by atoms with Crippen molar-refractivity contribution >= 4 is 15.9 Å². The van der Waals surface area contributed by atoms with E-state index in [2.05, 4.69) is 20.9 Å². The molecular formula is C8H2BrF5N2. The van der Waals surface area contributed by atoms with E-state index < -0.39 is 34.0 Å². The summed E-state index contributed by atoms with van der Waals surface area (Å²) in [6.45, 7) is 0. The first kappa shape index (κ1) is 12.8. The SMILES string of the molecule is N#Cc1cc(C(F)F)c(C(F)(F)F)c(Br)n1. The molecule has 0 N–H and O–H groups in total. The first-order valence-corrected chi connectivity index (χ1v) is 4.52. The van der Waals surface area contributed by atoms with Crippen LogP contribution < -0.4 is 0 Å². The summed E-state index contributed by atoms with van der Waals surface area (Å²) in [6, 6.07) is 1.83. The van der Waals surface area contributed by atoms with E-state index in [1.54, 1.807) is 0 Å². The van der Waals surface area contributed by atoms with E-state index in [9.17, 15) is 22.0 Å². The minimum Gasteiger partial charge on any atom is -0.230 e. The van der Waals surface area contributed by atoms with Gasteiger partial charge in [0.1, 0.15) is 16.4 Å². The number of aromatic nitrogens is 1. The predicted octanol–water partition coefficient (Wildman–Crippen LogP) is 3.67. The van der Waals surface area contributed by atoms with Gasteiger partial charge in [-0.25, -0.2) is 13.8 Å². The third kappa shape index (κ3) is 2.47. The van der Waals surface area contributed by atoms with Crippen molar-refractivity contribution < 1.29 is 22.0 Å². The third-order valence-corrected chi connectivity index (χ3v) is 2.21. The smallest absolute Gasteiger partial charge is 0.230 e. The second-order valence-corrected chi connectivity index (χ2v) is 3.42. The number of nitrogens with zero attached hydrogens (tertiary/aromatic N) is 2. The Morgan fingerprint density at radius 1 is 1.38 bits per heavy atom. The molecular weight excluding hydrogens is 299 g/mol. The Morgan fingerprint density at radius 3 is 2.31 bits per heavy atom. The normalized spacial score (nSPS) is 11.6. The molecule has 0 aliphatic carbocycles. The summed E-state index contributed by atoms with van der Waals surface area (Å²) in [4.78, 5) is 3.20. The standard InChI is InChI=1S/C8H2BrF5N2/c9-6-5(8(12,13)14)4(7(10)11)1-3(2-15)16-6/h1,7H. The summed E-state index contributed by atoms with van der Waals surface area (Å²) < 4.78 is 61.2. The predicted molar refractivity (Wildman–Crippen MR) is 46.6 cm³/mol. The lowest BCUT2D eigenvalue weighted by Crippen LogP contribution is -2.12. The van der Waals surface area contributed by atoms with Gasteiger partial charge in [0.25, 0.3) is 6.43 Å². The molecule has 8 heteroatoms. The molecule has 0 saturated heterocycles. The highest BCUT2D eigenvalue weighted by Crippen LogP contribution is 2.40. The Balaban J connectivity index is 3.54. The first-order valence-electron chi connectivity index (χ1n) is 3.73. The van der Waals surface area contributed by atoms with Gasteiger partial charge in [-0.2, -0.15) is 18.4 Å². The highest BCUT2D eigenvalue weighted by molar-refractivity contribution is 9.10. The van der Waals surface area contributed by atoms with Crippen molar-refractivity contribution in [1.82, 2.24) is 4.98 Å². The van der Waals surface area contributed by atoms with Gasteiger partial charge in [0.15, 0.2) is 0 Å². The quantitative estimate of drug-likeness (QED) is 0.586. The second-order valence-electron chi connectivity index (χ2n) is 2.67. The van der Waals surface area contributed by atoms with E-state index >= 15 is 0 Å². The molecule has 16 heavy (non-hydrogen) atoms. The van der Waals surface area contributed by atoms with Crippen LogP contribution in [0, 0.1) is 11.3 Å². The summed E-state index contributed by atoms with van der Waals surface area (Å²) in [5.74, 6) is 0. The molecule has 1 heterocycles. The molecule has 0 fully saturated rings. The fraction of sp³-hybridized carbons (Fsp3) is 0.250. The fourth-order valence-electron chi connectivity index (χ4n) is 1.04. The van der Waals surface area contributed by atoms with E-state index in [1.807, 2.05) is 0 Å². The molecule has 0 unspecified atom stereocenters. The van der Waals surface area contributed by atoms with Crippen LogP contribution >= 0.6 is 15.9 Å². The van der Waals surface area contributed by atoms with Gasteiger partial charge in [0.05, 0.1) is 5.56 Å². The van der Waals surface area contributed by atoms with Crippen molar-refractivity contribution in [3.8, 4) is 6.07 Å². The summed E-state index contributed by atoms with van der Waals surface area (Å²) in [6.07, 6.45) is -8.28. The van der Waals surface area contributed by atoms with Crippen LogP contribution in [0.4, 0.5) is 22.0 Å². The molecule has 86 valence electrons. The number of rotatable bonds is 1. The van der Waals surface area contributed by atoms with Crippen LogP contribution in [0.2, 0.25) is 0 Å². The molecule has 0 aliphatic rings. The molecule has 0 bridgehead atoms. The zero-order chi connectivity index (χ0) is 12.5. The van der Waals surface area contributed by atoms with Crippen LogP contribution in [0.25, 0.3) is 0 Å². The highest BCUT2D eigenvalue weighted by Gasteiger charge is 2.39. The monoisotopic (exact) mass is 300 g/mol.